The predicted molar refractivity (Wildman–Crippen MR) is 151 cm³/mol. The lowest BCUT2D eigenvalue weighted by Crippen LogP contribution is -2.54. The molecule has 0 spiro atoms. The van der Waals surface area contributed by atoms with E-state index in [9.17, 15) is 19.2 Å². The quantitative estimate of drug-likeness (QED) is 0.253. The van der Waals surface area contributed by atoms with Crippen molar-refractivity contribution in [3.8, 4) is 11.5 Å². The molecule has 9 nitrogen and oxygen atoms in total. The first-order valence-corrected chi connectivity index (χ1v) is 12.9. The lowest BCUT2D eigenvalue weighted by Gasteiger charge is -2.26. The highest BCUT2D eigenvalue weighted by molar-refractivity contribution is 9.10. The maximum Gasteiger partial charge on any atom is 0.335 e. The number of hydrogen-bond donors (Lipinski definition) is 2. The van der Waals surface area contributed by atoms with Crippen molar-refractivity contribution in [2.24, 2.45) is 0 Å². The number of benzene rings is 3. The fourth-order valence-electron chi connectivity index (χ4n) is 3.63. The highest BCUT2D eigenvalue weighted by atomic mass is 79.9. The number of methoxy groups -OCH3 is 1. The van der Waals surface area contributed by atoms with Crippen LogP contribution in [0.1, 0.15) is 11.1 Å². The molecule has 3 aromatic rings. The Labute approximate surface area is 241 Å². The van der Waals surface area contributed by atoms with Crippen LogP contribution in [0.15, 0.2) is 64.6 Å². The lowest BCUT2D eigenvalue weighted by molar-refractivity contribution is -0.122. The highest BCUT2D eigenvalue weighted by Gasteiger charge is 2.37. The second-order valence-electron chi connectivity index (χ2n) is 8.24. The van der Waals surface area contributed by atoms with E-state index in [0.717, 1.165) is 10.5 Å². The molecular formula is C27H20BrCl2N3O6. The number of halogens is 3. The SMILES string of the molecule is COc1cc(/C=C2\C(=O)NC(=O)N(c3ccc(C)c(Cl)c3)C2=O)cc(Br)c1OCC(=O)Nc1ccccc1Cl. The van der Waals surface area contributed by atoms with Crippen molar-refractivity contribution in [3.63, 3.8) is 0 Å². The molecule has 1 aliphatic rings. The first-order valence-electron chi connectivity index (χ1n) is 11.3. The molecule has 0 unspecified atom stereocenters. The lowest BCUT2D eigenvalue weighted by atomic mass is 10.1. The third-order valence-electron chi connectivity index (χ3n) is 5.57. The highest BCUT2D eigenvalue weighted by Crippen LogP contribution is 2.38. The summed E-state index contributed by atoms with van der Waals surface area (Å²) < 4.78 is 11.5. The molecule has 0 aromatic heterocycles. The molecule has 5 amide bonds. The molecule has 0 radical (unpaired) electrons. The van der Waals surface area contributed by atoms with Gasteiger partial charge in [-0.05, 0) is 76.5 Å². The molecule has 1 saturated heterocycles. The Morgan fingerprint density at radius 3 is 2.51 bits per heavy atom. The van der Waals surface area contributed by atoms with Gasteiger partial charge >= 0.3 is 6.03 Å². The van der Waals surface area contributed by atoms with Gasteiger partial charge in [0.05, 0.1) is 28.0 Å². The zero-order chi connectivity index (χ0) is 28.3. The number of ether oxygens (including phenoxy) is 2. The average molecular weight is 633 g/mol. The van der Waals surface area contributed by atoms with Gasteiger partial charge in [-0.1, -0.05) is 41.4 Å². The molecule has 200 valence electrons. The Kier molecular flexibility index (Phi) is 8.59. The standard InChI is InChI=1S/C27H20BrCl2N3O6/c1-14-7-8-16(12-20(14)30)33-26(36)17(25(35)32-27(33)37)9-15-10-18(28)24(22(11-15)38-2)39-13-23(34)31-21-6-4-3-5-19(21)29/h3-12H,13H2,1-2H3,(H,31,34)(H,32,35,37)/b17-9+. The van der Waals surface area contributed by atoms with E-state index in [4.69, 9.17) is 32.7 Å². The van der Waals surface area contributed by atoms with Gasteiger partial charge in [-0.15, -0.1) is 0 Å². The molecule has 3 aromatic carbocycles. The van der Waals surface area contributed by atoms with E-state index in [1.54, 1.807) is 49.4 Å². The number of aryl methyl sites for hydroxylation is 1. The summed E-state index contributed by atoms with van der Waals surface area (Å²) in [5.74, 6) is -1.68. The monoisotopic (exact) mass is 631 g/mol. The van der Waals surface area contributed by atoms with Crippen LogP contribution in [0.25, 0.3) is 6.08 Å². The first-order chi connectivity index (χ1) is 18.6. The van der Waals surface area contributed by atoms with E-state index in [1.165, 1.54) is 25.3 Å². The number of nitrogens with one attached hydrogen (secondary N) is 2. The van der Waals surface area contributed by atoms with E-state index in [-0.39, 0.29) is 29.4 Å². The molecule has 4 rings (SSSR count). The van der Waals surface area contributed by atoms with Crippen molar-refractivity contribution in [1.29, 1.82) is 0 Å². The van der Waals surface area contributed by atoms with Crippen LogP contribution < -0.4 is 25.0 Å². The Bertz CT molecular complexity index is 1540. The number of para-hydroxylation sites is 1. The summed E-state index contributed by atoms with van der Waals surface area (Å²) in [7, 11) is 1.40. The normalized spacial score (nSPS) is 14.3. The smallest absolute Gasteiger partial charge is 0.335 e. The van der Waals surface area contributed by atoms with Gasteiger partial charge < -0.3 is 14.8 Å². The summed E-state index contributed by atoms with van der Waals surface area (Å²) in [5.41, 5.74) is 1.52. The minimum absolute atomic E-state index is 0.212. The van der Waals surface area contributed by atoms with Gasteiger partial charge in [-0.2, -0.15) is 0 Å². The molecule has 12 heteroatoms. The summed E-state index contributed by atoms with van der Waals surface area (Å²) >= 11 is 15.6. The van der Waals surface area contributed by atoms with Crippen molar-refractivity contribution in [2.75, 3.05) is 23.9 Å². The number of imide groups is 2. The Morgan fingerprint density at radius 2 is 1.82 bits per heavy atom. The van der Waals surface area contributed by atoms with Gasteiger partial charge in [0.15, 0.2) is 18.1 Å². The van der Waals surface area contributed by atoms with Crippen LogP contribution in [-0.2, 0) is 14.4 Å². The number of nitrogens with zero attached hydrogens (tertiary/aromatic N) is 1. The van der Waals surface area contributed by atoms with Gasteiger partial charge in [-0.25, -0.2) is 9.69 Å². The summed E-state index contributed by atoms with van der Waals surface area (Å²) in [4.78, 5) is 51.5. The van der Waals surface area contributed by atoms with Crippen LogP contribution in [-0.4, -0.2) is 37.5 Å². The fourth-order valence-corrected chi connectivity index (χ4v) is 4.56. The number of barbiturate groups is 1. The number of carbonyl (C=O) groups excluding carboxylic acids is 4. The van der Waals surface area contributed by atoms with Gasteiger partial charge in [0, 0.05) is 5.02 Å². The van der Waals surface area contributed by atoms with Crippen LogP contribution >= 0.6 is 39.1 Å². The van der Waals surface area contributed by atoms with Gasteiger partial charge in [0.1, 0.15) is 5.57 Å². The molecule has 1 fully saturated rings. The maximum atomic E-state index is 13.2. The van der Waals surface area contributed by atoms with E-state index >= 15 is 0 Å². The minimum Gasteiger partial charge on any atom is -0.493 e. The third-order valence-corrected chi connectivity index (χ3v) is 6.90. The molecule has 1 heterocycles. The molecule has 0 saturated carbocycles. The summed E-state index contributed by atoms with van der Waals surface area (Å²) in [6, 6.07) is 13.7. The van der Waals surface area contributed by atoms with E-state index in [1.807, 2.05) is 0 Å². The summed E-state index contributed by atoms with van der Waals surface area (Å²) in [6.07, 6.45) is 1.31. The van der Waals surface area contributed by atoms with Crippen LogP contribution in [0.2, 0.25) is 10.0 Å². The minimum atomic E-state index is -0.889. The number of amides is 5. The average Bonchev–Trinajstić information content (AvgIpc) is 2.89. The Balaban J connectivity index is 1.57. The van der Waals surface area contributed by atoms with Gasteiger partial charge in [0.2, 0.25) is 0 Å². The number of urea groups is 1. The van der Waals surface area contributed by atoms with Crippen molar-refractivity contribution < 1.29 is 28.7 Å². The molecule has 1 aliphatic heterocycles. The molecule has 0 atom stereocenters. The molecule has 0 bridgehead atoms. The zero-order valence-electron chi connectivity index (χ0n) is 20.5. The molecule has 0 aliphatic carbocycles. The van der Waals surface area contributed by atoms with Crippen LogP contribution in [0.3, 0.4) is 0 Å². The first kappa shape index (κ1) is 28.2. The van der Waals surface area contributed by atoms with Crippen LogP contribution in [0.5, 0.6) is 11.5 Å². The summed E-state index contributed by atoms with van der Waals surface area (Å²) in [6.45, 7) is 1.43. The van der Waals surface area contributed by atoms with Crippen molar-refractivity contribution in [3.05, 3.63) is 85.8 Å². The zero-order valence-corrected chi connectivity index (χ0v) is 23.6. The number of carbonyl (C=O) groups is 4. The predicted octanol–water partition coefficient (Wildman–Crippen LogP) is 5.76. The maximum absolute atomic E-state index is 13.2. The van der Waals surface area contributed by atoms with Gasteiger partial charge in [0.25, 0.3) is 17.7 Å². The second-order valence-corrected chi connectivity index (χ2v) is 9.91. The molecule has 2 N–H and O–H groups in total. The molecular weight excluding hydrogens is 613 g/mol. The second kappa shape index (κ2) is 11.9. The van der Waals surface area contributed by atoms with E-state index < -0.39 is 23.8 Å². The van der Waals surface area contributed by atoms with Crippen molar-refractivity contribution in [2.45, 2.75) is 6.92 Å². The number of anilines is 2. The van der Waals surface area contributed by atoms with E-state index in [0.29, 0.717) is 25.8 Å². The summed E-state index contributed by atoms with van der Waals surface area (Å²) in [5, 5.41) is 5.57. The largest absolute Gasteiger partial charge is 0.493 e. The van der Waals surface area contributed by atoms with Gasteiger partial charge in [-0.3, -0.25) is 19.7 Å². The van der Waals surface area contributed by atoms with Crippen LogP contribution in [0, 0.1) is 6.92 Å². The number of hydrogen-bond acceptors (Lipinski definition) is 6. The van der Waals surface area contributed by atoms with Crippen molar-refractivity contribution in [1.82, 2.24) is 5.32 Å². The molecule has 39 heavy (non-hydrogen) atoms. The number of rotatable bonds is 7. The Morgan fingerprint density at radius 1 is 1.08 bits per heavy atom. The van der Waals surface area contributed by atoms with Crippen LogP contribution in [0.4, 0.5) is 16.2 Å². The fraction of sp³-hybridized carbons (Fsp3) is 0.111. The van der Waals surface area contributed by atoms with E-state index in [2.05, 4.69) is 26.6 Å². The third kappa shape index (κ3) is 6.25. The van der Waals surface area contributed by atoms with Crippen molar-refractivity contribution >= 4 is 80.3 Å². The Hall–Kier alpha value is -3.86. The topological polar surface area (TPSA) is 114 Å².